The highest BCUT2D eigenvalue weighted by molar-refractivity contribution is 7.14. The minimum atomic E-state index is 0.0927. The van der Waals surface area contributed by atoms with Gasteiger partial charge in [-0.3, -0.25) is 14.6 Å². The molecule has 1 saturated carbocycles. The summed E-state index contributed by atoms with van der Waals surface area (Å²) in [4.78, 5) is 20.8. The van der Waals surface area contributed by atoms with Crippen molar-refractivity contribution < 1.29 is 9.90 Å². The van der Waals surface area contributed by atoms with E-state index in [2.05, 4.69) is 17.2 Å². The fraction of sp³-hybridized carbons (Fsp3) is 0.750. The smallest absolute Gasteiger partial charge is 0.225 e. The summed E-state index contributed by atoms with van der Waals surface area (Å²) in [5.41, 5.74) is 1.04. The summed E-state index contributed by atoms with van der Waals surface area (Å²) in [7, 11) is 0. The molecule has 0 bridgehead atoms. The van der Waals surface area contributed by atoms with Gasteiger partial charge in [-0.1, -0.05) is 0 Å². The number of carbonyl (C=O) groups excluding carboxylic acids is 1. The van der Waals surface area contributed by atoms with Gasteiger partial charge in [0, 0.05) is 44.1 Å². The first-order valence-corrected chi connectivity index (χ1v) is 9.05. The average molecular weight is 323 g/mol. The highest BCUT2D eigenvalue weighted by Gasteiger charge is 2.34. The second kappa shape index (κ2) is 6.64. The lowest BCUT2D eigenvalue weighted by Gasteiger charge is -2.36. The van der Waals surface area contributed by atoms with E-state index in [4.69, 9.17) is 4.98 Å². The van der Waals surface area contributed by atoms with E-state index in [-0.39, 0.29) is 12.5 Å². The van der Waals surface area contributed by atoms with Crippen LogP contribution in [-0.2, 0) is 11.3 Å². The Morgan fingerprint density at radius 1 is 1.45 bits per heavy atom. The number of nitrogens with zero attached hydrogens (tertiary/aromatic N) is 3. The number of amides is 1. The van der Waals surface area contributed by atoms with Crippen molar-refractivity contribution in [2.45, 2.75) is 58.2 Å². The molecule has 1 aromatic heterocycles. The third-order valence-electron chi connectivity index (χ3n) is 4.73. The Kier molecular flexibility index (Phi) is 4.80. The Balaban J connectivity index is 1.67. The Labute approximate surface area is 135 Å². The number of likely N-dealkylation sites (tertiary alicyclic amines) is 1. The molecule has 2 heterocycles. The number of aliphatic hydroxyl groups excluding tert-OH is 1. The molecule has 1 aromatic rings. The van der Waals surface area contributed by atoms with Crippen LogP contribution >= 0.6 is 11.3 Å². The van der Waals surface area contributed by atoms with Crippen LogP contribution in [-0.4, -0.2) is 46.1 Å². The highest BCUT2D eigenvalue weighted by atomic mass is 32.1. The number of rotatable bonds is 5. The van der Waals surface area contributed by atoms with Crippen LogP contribution in [0.1, 0.15) is 45.2 Å². The number of hydrogen-bond acceptors (Lipinski definition) is 5. The van der Waals surface area contributed by atoms with Gasteiger partial charge in [0.2, 0.25) is 5.91 Å². The summed E-state index contributed by atoms with van der Waals surface area (Å²) >= 11 is 1.57. The molecule has 5 nitrogen and oxygen atoms in total. The summed E-state index contributed by atoms with van der Waals surface area (Å²) in [5.74, 6) is 0.476. The summed E-state index contributed by atoms with van der Waals surface area (Å²) in [6.07, 6.45) is 4.42. The predicted molar refractivity (Wildman–Crippen MR) is 88.0 cm³/mol. The van der Waals surface area contributed by atoms with Gasteiger partial charge in [0.05, 0.1) is 5.69 Å². The Hall–Kier alpha value is -0.980. The van der Waals surface area contributed by atoms with E-state index in [1.165, 1.54) is 0 Å². The number of hydrogen-bond donors (Lipinski definition) is 1. The van der Waals surface area contributed by atoms with Gasteiger partial charge >= 0.3 is 0 Å². The lowest BCUT2D eigenvalue weighted by atomic mass is 9.94. The molecule has 0 radical (unpaired) electrons. The van der Waals surface area contributed by atoms with Crippen LogP contribution in [0.15, 0.2) is 5.38 Å². The van der Waals surface area contributed by atoms with E-state index < -0.39 is 0 Å². The molecule has 1 saturated heterocycles. The summed E-state index contributed by atoms with van der Waals surface area (Å²) in [6, 6.07) is 0.893. The second-order valence-corrected chi connectivity index (χ2v) is 7.48. The Morgan fingerprint density at radius 2 is 2.23 bits per heavy atom. The van der Waals surface area contributed by atoms with Crippen molar-refractivity contribution >= 4 is 22.4 Å². The molecule has 2 atom stereocenters. The Morgan fingerprint density at radius 3 is 2.86 bits per heavy atom. The maximum absolute atomic E-state index is 11.8. The van der Waals surface area contributed by atoms with E-state index in [0.29, 0.717) is 18.0 Å². The molecular weight excluding hydrogens is 298 g/mol. The van der Waals surface area contributed by atoms with Gasteiger partial charge in [0.25, 0.3) is 0 Å². The van der Waals surface area contributed by atoms with Gasteiger partial charge in [-0.2, -0.15) is 0 Å². The lowest BCUT2D eigenvalue weighted by Crippen LogP contribution is -2.42. The number of aliphatic hydroxyl groups is 1. The number of piperidine rings is 1. The van der Waals surface area contributed by atoms with E-state index in [1.54, 1.807) is 18.3 Å². The molecule has 1 amide bonds. The summed E-state index contributed by atoms with van der Waals surface area (Å²) in [6.45, 7) is 5.88. The van der Waals surface area contributed by atoms with Crippen LogP contribution in [0.4, 0.5) is 5.13 Å². The molecular formula is C16H25N3O2S. The van der Waals surface area contributed by atoms with Crippen LogP contribution in [0.25, 0.3) is 0 Å². The molecule has 6 heteroatoms. The molecule has 122 valence electrons. The van der Waals surface area contributed by atoms with Crippen LogP contribution in [0.5, 0.6) is 0 Å². The molecule has 2 unspecified atom stereocenters. The van der Waals surface area contributed by atoms with Crippen molar-refractivity contribution in [3.63, 3.8) is 0 Å². The maximum Gasteiger partial charge on any atom is 0.225 e. The van der Waals surface area contributed by atoms with Crippen LogP contribution < -0.4 is 4.90 Å². The Bertz CT molecular complexity index is 529. The van der Waals surface area contributed by atoms with Crippen molar-refractivity contribution in [2.24, 2.45) is 5.92 Å². The lowest BCUT2D eigenvalue weighted by molar-refractivity contribution is -0.116. The molecule has 1 aliphatic carbocycles. The minimum Gasteiger partial charge on any atom is -0.396 e. The fourth-order valence-electron chi connectivity index (χ4n) is 3.20. The average Bonchev–Trinajstić information content (AvgIpc) is 3.21. The predicted octanol–water partition coefficient (Wildman–Crippen LogP) is 2.25. The molecule has 0 aromatic carbocycles. The number of anilines is 1. The molecule has 2 fully saturated rings. The van der Waals surface area contributed by atoms with Gasteiger partial charge in [0.1, 0.15) is 0 Å². The standard InChI is InChI=1S/C16H25N3O2S/c1-11-3-4-13(9-20)7-18(11)8-14-10-22-16(17-14)19(12(2)21)15-5-6-15/h10-11,13,15,20H,3-9H2,1-2H3. The van der Waals surface area contributed by atoms with Crippen molar-refractivity contribution in [2.75, 3.05) is 18.1 Å². The van der Waals surface area contributed by atoms with E-state index in [0.717, 1.165) is 49.6 Å². The number of thiazole rings is 1. The topological polar surface area (TPSA) is 56.7 Å². The van der Waals surface area contributed by atoms with Crippen molar-refractivity contribution in [3.05, 3.63) is 11.1 Å². The molecule has 2 aliphatic rings. The largest absolute Gasteiger partial charge is 0.396 e. The zero-order valence-corrected chi connectivity index (χ0v) is 14.2. The van der Waals surface area contributed by atoms with Crippen LogP contribution in [0, 0.1) is 5.92 Å². The van der Waals surface area contributed by atoms with Gasteiger partial charge in [-0.25, -0.2) is 4.98 Å². The monoisotopic (exact) mass is 323 g/mol. The maximum atomic E-state index is 11.8. The SMILES string of the molecule is CC(=O)N(c1nc(CN2CC(CO)CCC2C)cs1)C1CC1. The third-order valence-corrected chi connectivity index (χ3v) is 5.62. The molecule has 1 N–H and O–H groups in total. The van der Waals surface area contributed by atoms with E-state index in [9.17, 15) is 9.90 Å². The van der Waals surface area contributed by atoms with Gasteiger partial charge in [-0.05, 0) is 38.5 Å². The fourth-order valence-corrected chi connectivity index (χ4v) is 4.13. The zero-order valence-electron chi connectivity index (χ0n) is 13.4. The number of carbonyl (C=O) groups is 1. The van der Waals surface area contributed by atoms with Crippen molar-refractivity contribution in [1.29, 1.82) is 0 Å². The molecule has 1 aliphatic heterocycles. The third kappa shape index (κ3) is 3.50. The van der Waals surface area contributed by atoms with Crippen molar-refractivity contribution in [1.82, 2.24) is 9.88 Å². The summed E-state index contributed by atoms with van der Waals surface area (Å²) in [5, 5.41) is 12.3. The van der Waals surface area contributed by atoms with Crippen LogP contribution in [0.3, 0.4) is 0 Å². The minimum absolute atomic E-state index is 0.0927. The first-order chi connectivity index (χ1) is 10.6. The summed E-state index contributed by atoms with van der Waals surface area (Å²) < 4.78 is 0. The highest BCUT2D eigenvalue weighted by Crippen LogP contribution is 2.34. The van der Waals surface area contributed by atoms with Gasteiger partial charge in [-0.15, -0.1) is 11.3 Å². The van der Waals surface area contributed by atoms with Gasteiger partial charge in [0.15, 0.2) is 5.13 Å². The van der Waals surface area contributed by atoms with E-state index in [1.807, 2.05) is 4.90 Å². The first kappa shape index (κ1) is 15.9. The molecule has 3 rings (SSSR count). The van der Waals surface area contributed by atoms with Crippen molar-refractivity contribution in [3.8, 4) is 0 Å². The normalized spacial score (nSPS) is 26.1. The quantitative estimate of drug-likeness (QED) is 0.903. The second-order valence-electron chi connectivity index (χ2n) is 6.65. The molecule has 22 heavy (non-hydrogen) atoms. The van der Waals surface area contributed by atoms with Gasteiger partial charge < -0.3 is 5.11 Å². The van der Waals surface area contributed by atoms with E-state index >= 15 is 0 Å². The number of aromatic nitrogens is 1. The molecule has 0 spiro atoms. The van der Waals surface area contributed by atoms with Crippen LogP contribution in [0.2, 0.25) is 0 Å². The first-order valence-electron chi connectivity index (χ1n) is 8.17. The zero-order chi connectivity index (χ0) is 15.7.